The molecular formula is C19H29N3O4. The monoisotopic (exact) mass is 363 g/mol. The number of hydrogen-bond donors (Lipinski definition) is 1. The van der Waals surface area contributed by atoms with Crippen molar-refractivity contribution < 1.29 is 19.1 Å². The summed E-state index contributed by atoms with van der Waals surface area (Å²) in [5, 5.41) is 2.77. The largest absolute Gasteiger partial charge is 0.493 e. The number of nitrogens with one attached hydrogen (secondary N) is 1. The summed E-state index contributed by atoms with van der Waals surface area (Å²) in [5.74, 6) is 1.37. The number of benzene rings is 1. The molecule has 1 aliphatic rings. The fraction of sp³-hybridized carbons (Fsp3) is 0.579. The molecule has 0 atom stereocenters. The SMILES string of the molecule is CCNC(=O)CN(CC)CC(=O)N1CCc2cc(OC)c(OC)cc2C1. The van der Waals surface area contributed by atoms with Crippen LogP contribution in [0.1, 0.15) is 25.0 Å². The van der Waals surface area contributed by atoms with Crippen LogP contribution in [0.5, 0.6) is 11.5 Å². The Balaban J connectivity index is 2.02. The van der Waals surface area contributed by atoms with Gasteiger partial charge in [0, 0.05) is 19.6 Å². The summed E-state index contributed by atoms with van der Waals surface area (Å²) < 4.78 is 10.7. The average Bonchev–Trinajstić information content (AvgIpc) is 2.65. The van der Waals surface area contributed by atoms with Crippen molar-refractivity contribution in [3.8, 4) is 11.5 Å². The topological polar surface area (TPSA) is 71.1 Å². The number of likely N-dealkylation sites (N-methyl/N-ethyl adjacent to an activating group) is 2. The molecule has 1 heterocycles. The third-order valence-corrected chi connectivity index (χ3v) is 4.62. The molecule has 1 N–H and O–H groups in total. The highest BCUT2D eigenvalue weighted by molar-refractivity contribution is 5.81. The van der Waals surface area contributed by atoms with Crippen LogP contribution in [0.2, 0.25) is 0 Å². The van der Waals surface area contributed by atoms with Gasteiger partial charge in [-0.1, -0.05) is 6.92 Å². The van der Waals surface area contributed by atoms with Gasteiger partial charge >= 0.3 is 0 Å². The van der Waals surface area contributed by atoms with E-state index in [-0.39, 0.29) is 24.9 Å². The van der Waals surface area contributed by atoms with Crippen molar-refractivity contribution in [1.82, 2.24) is 15.1 Å². The lowest BCUT2D eigenvalue weighted by atomic mass is 9.98. The van der Waals surface area contributed by atoms with E-state index in [1.54, 1.807) is 14.2 Å². The summed E-state index contributed by atoms with van der Waals surface area (Å²) in [6.07, 6.45) is 0.782. The first kappa shape index (κ1) is 20.0. The van der Waals surface area contributed by atoms with Crippen molar-refractivity contribution in [2.45, 2.75) is 26.8 Å². The molecule has 0 aliphatic carbocycles. The van der Waals surface area contributed by atoms with E-state index in [1.807, 2.05) is 35.8 Å². The Morgan fingerprint density at radius 3 is 2.35 bits per heavy atom. The molecule has 1 aromatic carbocycles. The van der Waals surface area contributed by atoms with Gasteiger partial charge in [0.2, 0.25) is 11.8 Å². The third kappa shape index (κ3) is 4.88. The van der Waals surface area contributed by atoms with Crippen LogP contribution < -0.4 is 14.8 Å². The smallest absolute Gasteiger partial charge is 0.237 e. The van der Waals surface area contributed by atoms with Gasteiger partial charge in [0.05, 0.1) is 27.3 Å². The second kappa shape index (κ2) is 9.43. The van der Waals surface area contributed by atoms with Gasteiger partial charge in [-0.3, -0.25) is 14.5 Å². The van der Waals surface area contributed by atoms with Crippen LogP contribution in [0.25, 0.3) is 0 Å². The van der Waals surface area contributed by atoms with Gasteiger partial charge in [-0.15, -0.1) is 0 Å². The first-order valence-corrected chi connectivity index (χ1v) is 9.02. The number of rotatable bonds is 8. The van der Waals surface area contributed by atoms with Gasteiger partial charge in [-0.2, -0.15) is 0 Å². The second-order valence-electron chi connectivity index (χ2n) is 6.30. The van der Waals surface area contributed by atoms with Crippen LogP contribution in [0.3, 0.4) is 0 Å². The Bertz CT molecular complexity index is 648. The molecule has 26 heavy (non-hydrogen) atoms. The van der Waals surface area contributed by atoms with Crippen LogP contribution in [0, 0.1) is 0 Å². The minimum atomic E-state index is -0.0528. The molecule has 0 fully saturated rings. The zero-order chi connectivity index (χ0) is 19.1. The molecular weight excluding hydrogens is 334 g/mol. The van der Waals surface area contributed by atoms with Gasteiger partial charge in [0.25, 0.3) is 0 Å². The van der Waals surface area contributed by atoms with Gasteiger partial charge in [0.1, 0.15) is 0 Å². The van der Waals surface area contributed by atoms with Crippen LogP contribution in [-0.2, 0) is 22.6 Å². The molecule has 0 spiro atoms. The van der Waals surface area contributed by atoms with Crippen molar-refractivity contribution in [3.63, 3.8) is 0 Å². The van der Waals surface area contributed by atoms with Crippen LogP contribution in [-0.4, -0.2) is 68.6 Å². The van der Waals surface area contributed by atoms with Crippen molar-refractivity contribution >= 4 is 11.8 Å². The predicted molar refractivity (Wildman–Crippen MR) is 99.5 cm³/mol. The second-order valence-corrected chi connectivity index (χ2v) is 6.30. The highest BCUT2D eigenvalue weighted by atomic mass is 16.5. The molecule has 144 valence electrons. The van der Waals surface area contributed by atoms with E-state index in [0.29, 0.717) is 37.7 Å². The number of ether oxygens (including phenoxy) is 2. The van der Waals surface area contributed by atoms with Crippen molar-refractivity contribution in [2.75, 3.05) is 46.9 Å². The summed E-state index contributed by atoms with van der Waals surface area (Å²) in [6.45, 7) is 6.79. The van der Waals surface area contributed by atoms with E-state index < -0.39 is 0 Å². The lowest BCUT2D eigenvalue weighted by Crippen LogP contribution is -2.45. The molecule has 7 nitrogen and oxygen atoms in total. The molecule has 2 amide bonds. The fourth-order valence-corrected chi connectivity index (χ4v) is 3.12. The van der Waals surface area contributed by atoms with Crippen molar-refractivity contribution in [3.05, 3.63) is 23.3 Å². The Kier molecular flexibility index (Phi) is 7.26. The van der Waals surface area contributed by atoms with E-state index in [9.17, 15) is 9.59 Å². The zero-order valence-corrected chi connectivity index (χ0v) is 16.1. The predicted octanol–water partition coefficient (Wildman–Crippen LogP) is 1.05. The standard InChI is InChI=1S/C19H29N3O4/c1-5-20-18(23)12-21(6-2)13-19(24)22-8-7-14-9-16(25-3)17(26-4)10-15(14)11-22/h9-10H,5-8,11-13H2,1-4H3,(H,20,23). The lowest BCUT2D eigenvalue weighted by Gasteiger charge is -2.31. The highest BCUT2D eigenvalue weighted by Crippen LogP contribution is 2.33. The van der Waals surface area contributed by atoms with Gasteiger partial charge < -0.3 is 19.7 Å². The molecule has 1 aliphatic heterocycles. The summed E-state index contributed by atoms with van der Waals surface area (Å²) >= 11 is 0. The molecule has 1 aromatic rings. The maximum absolute atomic E-state index is 12.7. The number of carbonyl (C=O) groups excluding carboxylic acids is 2. The number of fused-ring (bicyclic) bond motifs is 1. The molecule has 7 heteroatoms. The lowest BCUT2D eigenvalue weighted by molar-refractivity contribution is -0.134. The van der Waals surface area contributed by atoms with Crippen LogP contribution >= 0.6 is 0 Å². The molecule has 0 aromatic heterocycles. The Morgan fingerprint density at radius 2 is 1.77 bits per heavy atom. The molecule has 0 bridgehead atoms. The highest BCUT2D eigenvalue weighted by Gasteiger charge is 2.24. The first-order valence-electron chi connectivity index (χ1n) is 9.02. The summed E-state index contributed by atoms with van der Waals surface area (Å²) in [5.41, 5.74) is 2.26. The number of amides is 2. The van der Waals surface area contributed by atoms with E-state index in [2.05, 4.69) is 5.32 Å². The first-order chi connectivity index (χ1) is 12.5. The number of hydrogen-bond acceptors (Lipinski definition) is 5. The molecule has 0 saturated carbocycles. The summed E-state index contributed by atoms with van der Waals surface area (Å²) in [6, 6.07) is 3.93. The molecule has 0 saturated heterocycles. The molecule has 2 rings (SSSR count). The summed E-state index contributed by atoms with van der Waals surface area (Å²) in [4.78, 5) is 28.2. The van der Waals surface area contributed by atoms with Gasteiger partial charge in [-0.25, -0.2) is 0 Å². The number of nitrogens with zero attached hydrogens (tertiary/aromatic N) is 2. The molecule has 0 unspecified atom stereocenters. The fourth-order valence-electron chi connectivity index (χ4n) is 3.12. The van der Waals surface area contributed by atoms with Crippen LogP contribution in [0.15, 0.2) is 12.1 Å². The van der Waals surface area contributed by atoms with Crippen molar-refractivity contribution in [1.29, 1.82) is 0 Å². The van der Waals surface area contributed by atoms with E-state index in [0.717, 1.165) is 12.0 Å². The average molecular weight is 363 g/mol. The number of carbonyl (C=O) groups is 2. The van der Waals surface area contributed by atoms with Gasteiger partial charge in [-0.05, 0) is 43.1 Å². The Hall–Kier alpha value is -2.28. The minimum absolute atomic E-state index is 0.0385. The zero-order valence-electron chi connectivity index (χ0n) is 16.1. The maximum Gasteiger partial charge on any atom is 0.237 e. The molecule has 0 radical (unpaired) electrons. The normalized spacial score (nSPS) is 13.3. The maximum atomic E-state index is 12.7. The van der Waals surface area contributed by atoms with Crippen LogP contribution in [0.4, 0.5) is 0 Å². The number of methoxy groups -OCH3 is 2. The van der Waals surface area contributed by atoms with E-state index in [1.165, 1.54) is 5.56 Å². The van der Waals surface area contributed by atoms with Gasteiger partial charge in [0.15, 0.2) is 11.5 Å². The summed E-state index contributed by atoms with van der Waals surface area (Å²) in [7, 11) is 3.23. The Labute approximate surface area is 155 Å². The van der Waals surface area contributed by atoms with E-state index in [4.69, 9.17) is 9.47 Å². The minimum Gasteiger partial charge on any atom is -0.493 e. The third-order valence-electron chi connectivity index (χ3n) is 4.62. The quantitative estimate of drug-likeness (QED) is 0.747. The van der Waals surface area contributed by atoms with E-state index >= 15 is 0 Å². The Morgan fingerprint density at radius 1 is 1.12 bits per heavy atom. The van der Waals surface area contributed by atoms with Crippen molar-refractivity contribution in [2.24, 2.45) is 0 Å².